The van der Waals surface area contributed by atoms with E-state index < -0.39 is 11.9 Å². The van der Waals surface area contributed by atoms with Crippen molar-refractivity contribution in [2.75, 3.05) is 20.1 Å². The van der Waals surface area contributed by atoms with Crippen LogP contribution in [0.3, 0.4) is 0 Å². The molecule has 0 unspecified atom stereocenters. The number of hydrogen-bond donors (Lipinski definition) is 5. The molecule has 11 heteroatoms. The minimum absolute atomic E-state index is 0.0163. The molecule has 2 atom stereocenters. The molecular weight excluding hydrogens is 388 g/mol. The molecule has 3 amide bonds. The highest BCUT2D eigenvalue weighted by atomic mass is 16.2. The Morgan fingerprint density at radius 2 is 2.03 bits per heavy atom. The van der Waals surface area contributed by atoms with Crippen molar-refractivity contribution in [1.29, 1.82) is 0 Å². The van der Waals surface area contributed by atoms with Crippen molar-refractivity contribution >= 4 is 29.6 Å². The first kappa shape index (κ1) is 22.8. The molecule has 8 N–H and O–H groups in total. The van der Waals surface area contributed by atoms with Crippen LogP contribution in [0.2, 0.25) is 0 Å². The summed E-state index contributed by atoms with van der Waals surface area (Å²) >= 11 is 0. The van der Waals surface area contributed by atoms with E-state index in [-0.39, 0.29) is 42.7 Å². The van der Waals surface area contributed by atoms with Crippen molar-refractivity contribution in [3.63, 3.8) is 0 Å². The maximum absolute atomic E-state index is 12.5. The minimum atomic E-state index is -0.774. The van der Waals surface area contributed by atoms with E-state index >= 15 is 0 Å². The third-order valence-corrected chi connectivity index (χ3v) is 4.56. The number of benzene rings is 1. The predicted molar refractivity (Wildman–Crippen MR) is 113 cm³/mol. The smallest absolute Gasteiger partial charge is 0.257 e. The molecule has 1 heterocycles. The van der Waals surface area contributed by atoms with Gasteiger partial charge in [-0.15, -0.1) is 0 Å². The second-order valence-corrected chi connectivity index (χ2v) is 6.93. The molecule has 0 aliphatic carbocycles. The molecule has 1 aliphatic heterocycles. The highest BCUT2D eigenvalue weighted by molar-refractivity contribution is 6.11. The molecule has 0 fully saturated rings. The van der Waals surface area contributed by atoms with E-state index in [1.807, 2.05) is 0 Å². The van der Waals surface area contributed by atoms with Crippen molar-refractivity contribution in [1.82, 2.24) is 15.5 Å². The van der Waals surface area contributed by atoms with E-state index in [0.29, 0.717) is 24.9 Å². The van der Waals surface area contributed by atoms with Gasteiger partial charge in [0, 0.05) is 31.6 Å². The van der Waals surface area contributed by atoms with E-state index in [2.05, 4.69) is 20.6 Å². The van der Waals surface area contributed by atoms with Gasteiger partial charge in [-0.05, 0) is 25.0 Å². The fourth-order valence-electron chi connectivity index (χ4n) is 2.84. The van der Waals surface area contributed by atoms with Crippen LogP contribution < -0.4 is 27.8 Å². The average Bonchev–Trinajstić information content (AvgIpc) is 2.71. The maximum Gasteiger partial charge on any atom is 0.257 e. The zero-order chi connectivity index (χ0) is 22.1. The summed E-state index contributed by atoms with van der Waals surface area (Å²) in [6, 6.07) is 7.42. The molecule has 0 saturated heterocycles. The molecule has 162 valence electrons. The lowest BCUT2D eigenvalue weighted by Gasteiger charge is -2.30. The maximum atomic E-state index is 12.5. The van der Waals surface area contributed by atoms with Crippen molar-refractivity contribution in [3.05, 3.63) is 35.9 Å². The summed E-state index contributed by atoms with van der Waals surface area (Å²) < 4.78 is 0. The summed E-state index contributed by atoms with van der Waals surface area (Å²) in [5.74, 6) is -1.00. The van der Waals surface area contributed by atoms with Gasteiger partial charge in [0.2, 0.25) is 11.9 Å². The van der Waals surface area contributed by atoms with Crippen LogP contribution in [-0.4, -0.2) is 66.8 Å². The zero-order valence-electron chi connectivity index (χ0n) is 16.9. The summed E-state index contributed by atoms with van der Waals surface area (Å²) in [5.41, 5.74) is 16.9. The number of aliphatic imine (C=N–C) groups is 2. The second-order valence-electron chi connectivity index (χ2n) is 6.93. The molecule has 2 rings (SSSR count). The number of hydrogen-bond acceptors (Lipinski definition) is 6. The highest BCUT2D eigenvalue weighted by Crippen LogP contribution is 2.08. The van der Waals surface area contributed by atoms with Crippen molar-refractivity contribution in [2.24, 2.45) is 27.2 Å². The van der Waals surface area contributed by atoms with Gasteiger partial charge >= 0.3 is 0 Å². The third kappa shape index (κ3) is 6.85. The first-order valence-electron chi connectivity index (χ1n) is 9.56. The van der Waals surface area contributed by atoms with Crippen LogP contribution in [-0.2, 0) is 9.59 Å². The lowest BCUT2D eigenvalue weighted by Crippen LogP contribution is -2.57. The van der Waals surface area contributed by atoms with Crippen LogP contribution in [0.25, 0.3) is 0 Å². The number of carbonyl (C=O) groups is 3. The molecule has 0 saturated carbocycles. The summed E-state index contributed by atoms with van der Waals surface area (Å²) in [6.45, 7) is 0.482. The van der Waals surface area contributed by atoms with Crippen molar-refractivity contribution in [2.45, 2.75) is 31.3 Å². The molecular formula is C19H28N8O3. The Hall–Kier alpha value is -3.47. The van der Waals surface area contributed by atoms with Crippen LogP contribution in [0.4, 0.5) is 0 Å². The second kappa shape index (κ2) is 10.9. The molecule has 1 aromatic carbocycles. The Kier molecular flexibility index (Phi) is 8.29. The van der Waals surface area contributed by atoms with E-state index in [9.17, 15) is 14.4 Å². The minimum Gasteiger partial charge on any atom is -0.370 e. The van der Waals surface area contributed by atoms with Crippen LogP contribution in [0, 0.1) is 0 Å². The number of likely N-dealkylation sites (N-methyl/N-ethyl adjacent to an activating group) is 1. The molecule has 11 nitrogen and oxygen atoms in total. The molecule has 0 radical (unpaired) electrons. The van der Waals surface area contributed by atoms with Crippen LogP contribution in [0.1, 0.15) is 29.6 Å². The van der Waals surface area contributed by atoms with Crippen LogP contribution >= 0.6 is 0 Å². The number of carbonyl (C=O) groups excluding carboxylic acids is 3. The molecule has 1 aromatic rings. The Bertz CT molecular complexity index is 820. The predicted octanol–water partition coefficient (Wildman–Crippen LogP) is -1.50. The Labute approximate surface area is 174 Å². The Morgan fingerprint density at radius 3 is 2.67 bits per heavy atom. The SMILES string of the molecule is CN(C(=O)C[C@@H](N)CCCN=C(N)N)[C@@H]1CN=C(NC(=O)c2ccccc2)NC1=O. The summed E-state index contributed by atoms with van der Waals surface area (Å²) in [5, 5.41) is 5.07. The van der Waals surface area contributed by atoms with E-state index in [0.717, 1.165) is 0 Å². The van der Waals surface area contributed by atoms with Crippen LogP contribution in [0.15, 0.2) is 40.3 Å². The van der Waals surface area contributed by atoms with Gasteiger partial charge in [-0.1, -0.05) is 18.2 Å². The van der Waals surface area contributed by atoms with E-state index in [4.69, 9.17) is 17.2 Å². The Morgan fingerprint density at radius 1 is 1.33 bits per heavy atom. The van der Waals surface area contributed by atoms with Gasteiger partial charge in [0.1, 0.15) is 6.04 Å². The zero-order valence-corrected chi connectivity index (χ0v) is 16.9. The number of nitrogens with one attached hydrogen (secondary N) is 2. The third-order valence-electron chi connectivity index (χ3n) is 4.56. The lowest BCUT2D eigenvalue weighted by molar-refractivity contribution is -0.138. The monoisotopic (exact) mass is 416 g/mol. The topological polar surface area (TPSA) is 181 Å². The number of nitrogens with zero attached hydrogens (tertiary/aromatic N) is 3. The largest absolute Gasteiger partial charge is 0.370 e. The highest BCUT2D eigenvalue weighted by Gasteiger charge is 2.31. The number of rotatable bonds is 8. The van der Waals surface area contributed by atoms with Gasteiger partial charge in [-0.2, -0.15) is 0 Å². The van der Waals surface area contributed by atoms with Gasteiger partial charge in [0.05, 0.1) is 6.54 Å². The van der Waals surface area contributed by atoms with Crippen molar-refractivity contribution in [3.8, 4) is 0 Å². The molecule has 0 bridgehead atoms. The van der Waals surface area contributed by atoms with Gasteiger partial charge < -0.3 is 22.1 Å². The van der Waals surface area contributed by atoms with Gasteiger partial charge in [0.15, 0.2) is 5.96 Å². The van der Waals surface area contributed by atoms with E-state index in [1.54, 1.807) is 30.3 Å². The molecule has 30 heavy (non-hydrogen) atoms. The summed E-state index contributed by atoms with van der Waals surface area (Å²) in [7, 11) is 1.53. The molecule has 0 spiro atoms. The fourth-order valence-corrected chi connectivity index (χ4v) is 2.84. The lowest BCUT2D eigenvalue weighted by atomic mass is 10.1. The summed E-state index contributed by atoms with van der Waals surface area (Å²) in [4.78, 5) is 46.4. The summed E-state index contributed by atoms with van der Waals surface area (Å²) in [6.07, 6.45) is 1.30. The number of guanidine groups is 2. The first-order chi connectivity index (χ1) is 14.3. The Balaban J connectivity index is 1.84. The standard InChI is InChI=1S/C19H28N8O3/c1-27(15(28)10-13(20)8-5-9-23-18(21)22)14-11-24-19(26-17(14)30)25-16(29)12-6-3-2-4-7-12/h2-4,6-7,13-14H,5,8-11,20H2,1H3,(H4,21,22,23)(H2,24,25,26,29,30)/t13-,14+/m0/s1. The van der Waals surface area contributed by atoms with Gasteiger partial charge in [-0.3, -0.25) is 30.0 Å². The number of amides is 3. The average molecular weight is 416 g/mol. The quantitative estimate of drug-likeness (QED) is 0.195. The molecule has 1 aliphatic rings. The van der Waals surface area contributed by atoms with E-state index in [1.165, 1.54) is 11.9 Å². The normalized spacial score (nSPS) is 16.7. The van der Waals surface area contributed by atoms with Crippen molar-refractivity contribution < 1.29 is 14.4 Å². The van der Waals surface area contributed by atoms with Crippen LogP contribution in [0.5, 0.6) is 0 Å². The fraction of sp³-hybridized carbons (Fsp3) is 0.421. The first-order valence-corrected chi connectivity index (χ1v) is 9.56. The number of nitrogens with two attached hydrogens (primary N) is 3. The van der Waals surface area contributed by atoms with Gasteiger partial charge in [0.25, 0.3) is 11.8 Å². The molecule has 0 aromatic heterocycles. The van der Waals surface area contributed by atoms with Gasteiger partial charge in [-0.25, -0.2) is 4.99 Å².